The van der Waals surface area contributed by atoms with E-state index in [4.69, 9.17) is 11.6 Å². The molecule has 2 aliphatic heterocycles. The fraction of sp³-hybridized carbons (Fsp3) is 0.455. The first-order valence-corrected chi connectivity index (χ1v) is 11.6. The van der Waals surface area contributed by atoms with Crippen molar-refractivity contribution in [2.75, 3.05) is 26.2 Å². The second-order valence-corrected chi connectivity index (χ2v) is 9.52. The van der Waals surface area contributed by atoms with Gasteiger partial charge in [0.1, 0.15) is 4.83 Å². The number of thiophene rings is 1. The van der Waals surface area contributed by atoms with Crippen LogP contribution in [0, 0.1) is 6.92 Å². The van der Waals surface area contributed by atoms with Gasteiger partial charge in [-0.25, -0.2) is 4.68 Å². The van der Waals surface area contributed by atoms with Crippen molar-refractivity contribution in [1.82, 2.24) is 19.6 Å². The Labute approximate surface area is 179 Å². The monoisotopic (exact) mass is 428 g/mol. The highest BCUT2D eigenvalue weighted by atomic mass is 35.5. The summed E-state index contributed by atoms with van der Waals surface area (Å²) in [4.78, 5) is 19.8. The van der Waals surface area contributed by atoms with Crippen molar-refractivity contribution >= 4 is 39.1 Å². The average Bonchev–Trinajstić information content (AvgIpc) is 3.49. The van der Waals surface area contributed by atoms with Gasteiger partial charge in [0.2, 0.25) is 0 Å². The van der Waals surface area contributed by atoms with Crippen molar-refractivity contribution in [3.63, 3.8) is 0 Å². The van der Waals surface area contributed by atoms with Gasteiger partial charge in [-0.05, 0) is 63.9 Å². The van der Waals surface area contributed by atoms with E-state index >= 15 is 0 Å². The Bertz CT molecular complexity index is 1050. The molecule has 0 saturated carbocycles. The van der Waals surface area contributed by atoms with Crippen LogP contribution >= 0.6 is 22.9 Å². The summed E-state index contributed by atoms with van der Waals surface area (Å²) in [6.07, 6.45) is 4.78. The number of benzene rings is 1. The third-order valence-corrected chi connectivity index (χ3v) is 7.56. The van der Waals surface area contributed by atoms with E-state index in [9.17, 15) is 4.79 Å². The van der Waals surface area contributed by atoms with Crippen LogP contribution in [-0.4, -0.2) is 57.7 Å². The number of aromatic nitrogens is 2. The Hall–Kier alpha value is -1.89. The summed E-state index contributed by atoms with van der Waals surface area (Å²) in [5, 5.41) is 6.36. The van der Waals surface area contributed by atoms with Crippen molar-refractivity contribution in [2.45, 2.75) is 38.6 Å². The van der Waals surface area contributed by atoms with E-state index in [1.54, 1.807) is 0 Å². The smallest absolute Gasteiger partial charge is 0.264 e. The molecule has 0 bridgehead atoms. The first kappa shape index (κ1) is 19.1. The summed E-state index contributed by atoms with van der Waals surface area (Å²) in [6, 6.07) is 10.1. The molecule has 2 fully saturated rings. The first-order valence-electron chi connectivity index (χ1n) is 10.4. The van der Waals surface area contributed by atoms with Gasteiger partial charge in [0.15, 0.2) is 0 Å². The number of carbonyl (C=O) groups excluding carboxylic acids is 1. The third kappa shape index (κ3) is 3.47. The second-order valence-electron chi connectivity index (χ2n) is 8.08. The largest absolute Gasteiger partial charge is 0.334 e. The molecule has 0 aliphatic carbocycles. The predicted molar refractivity (Wildman–Crippen MR) is 118 cm³/mol. The summed E-state index contributed by atoms with van der Waals surface area (Å²) in [7, 11) is 0. The van der Waals surface area contributed by atoms with E-state index in [1.807, 2.05) is 41.9 Å². The van der Waals surface area contributed by atoms with E-state index in [0.717, 1.165) is 52.4 Å². The molecule has 29 heavy (non-hydrogen) atoms. The van der Waals surface area contributed by atoms with E-state index < -0.39 is 0 Å². The average molecular weight is 429 g/mol. The maximum atomic E-state index is 13.4. The quantitative estimate of drug-likeness (QED) is 0.602. The lowest BCUT2D eigenvalue weighted by Gasteiger charge is -2.28. The Kier molecular flexibility index (Phi) is 5.10. The standard InChI is InChI=1S/C22H25ClN4OS/c1-15-17-13-20(29-22(17)27(24-15)19-9-3-2-8-18(19)23)21(28)26-12-6-7-16(26)14-25-10-4-5-11-25/h2-3,8-9,13,16H,4-7,10-12,14H2,1H3. The van der Waals surface area contributed by atoms with Gasteiger partial charge in [0, 0.05) is 24.5 Å². The number of aryl methyl sites for hydroxylation is 1. The van der Waals surface area contributed by atoms with Gasteiger partial charge in [0.25, 0.3) is 5.91 Å². The number of amides is 1. The summed E-state index contributed by atoms with van der Waals surface area (Å²) in [5.74, 6) is 0.165. The molecule has 3 aromatic rings. The topological polar surface area (TPSA) is 41.4 Å². The molecule has 2 aliphatic rings. The van der Waals surface area contributed by atoms with Crippen LogP contribution in [0.15, 0.2) is 30.3 Å². The van der Waals surface area contributed by atoms with Crippen LogP contribution in [0.3, 0.4) is 0 Å². The number of likely N-dealkylation sites (tertiary alicyclic amines) is 2. The SMILES string of the molecule is Cc1nn(-c2ccccc2Cl)c2sc(C(=O)N3CCCC3CN3CCCC3)cc12. The van der Waals surface area contributed by atoms with Gasteiger partial charge < -0.3 is 9.80 Å². The van der Waals surface area contributed by atoms with Gasteiger partial charge in [-0.2, -0.15) is 5.10 Å². The number of hydrogen-bond donors (Lipinski definition) is 0. The van der Waals surface area contributed by atoms with Crippen molar-refractivity contribution in [1.29, 1.82) is 0 Å². The van der Waals surface area contributed by atoms with Crippen molar-refractivity contribution < 1.29 is 4.79 Å². The summed E-state index contributed by atoms with van der Waals surface area (Å²) < 4.78 is 1.88. The number of carbonyl (C=O) groups is 1. The highest BCUT2D eigenvalue weighted by Gasteiger charge is 2.32. The Morgan fingerprint density at radius 2 is 2.00 bits per heavy atom. The number of nitrogens with zero attached hydrogens (tertiary/aromatic N) is 4. The van der Waals surface area contributed by atoms with E-state index in [0.29, 0.717) is 11.1 Å². The van der Waals surface area contributed by atoms with Gasteiger partial charge >= 0.3 is 0 Å². The Balaban J connectivity index is 1.45. The van der Waals surface area contributed by atoms with Crippen molar-refractivity contribution in [2.24, 2.45) is 0 Å². The minimum Gasteiger partial charge on any atom is -0.334 e. The van der Waals surface area contributed by atoms with Crippen LogP contribution in [0.25, 0.3) is 15.9 Å². The molecule has 5 nitrogen and oxygen atoms in total. The third-order valence-electron chi connectivity index (χ3n) is 6.14. The minimum absolute atomic E-state index is 0.165. The van der Waals surface area contributed by atoms with Crippen molar-refractivity contribution in [3.05, 3.63) is 45.9 Å². The molecule has 5 rings (SSSR count). The predicted octanol–water partition coefficient (Wildman–Crippen LogP) is 4.75. The molecule has 4 heterocycles. The van der Waals surface area contributed by atoms with Gasteiger partial charge in [-0.15, -0.1) is 11.3 Å². The zero-order chi connectivity index (χ0) is 20.0. The highest BCUT2D eigenvalue weighted by Crippen LogP contribution is 2.34. The van der Waals surface area contributed by atoms with Crippen LogP contribution in [0.4, 0.5) is 0 Å². The van der Waals surface area contributed by atoms with Crippen LogP contribution in [0.2, 0.25) is 5.02 Å². The molecule has 7 heteroatoms. The Morgan fingerprint density at radius 1 is 1.21 bits per heavy atom. The first-order chi connectivity index (χ1) is 14.1. The highest BCUT2D eigenvalue weighted by molar-refractivity contribution is 7.20. The van der Waals surface area contributed by atoms with Gasteiger partial charge in [-0.1, -0.05) is 23.7 Å². The number of fused-ring (bicyclic) bond motifs is 1. The van der Waals surface area contributed by atoms with Crippen LogP contribution < -0.4 is 0 Å². The summed E-state index contributed by atoms with van der Waals surface area (Å²) >= 11 is 7.93. The fourth-order valence-electron chi connectivity index (χ4n) is 4.64. The molecule has 0 N–H and O–H groups in total. The molecule has 1 atom stereocenters. The van der Waals surface area contributed by atoms with E-state index in [2.05, 4.69) is 14.9 Å². The molecule has 0 spiro atoms. The molecule has 152 valence electrons. The molecule has 0 radical (unpaired) electrons. The minimum atomic E-state index is 0.165. The molecule has 1 aromatic carbocycles. The van der Waals surface area contributed by atoms with Crippen molar-refractivity contribution in [3.8, 4) is 5.69 Å². The second kappa shape index (κ2) is 7.74. The lowest BCUT2D eigenvalue weighted by atomic mass is 10.2. The normalized spacial score (nSPS) is 20.2. The number of hydrogen-bond acceptors (Lipinski definition) is 4. The lowest BCUT2D eigenvalue weighted by molar-refractivity contribution is 0.0714. The molecule has 2 aromatic heterocycles. The van der Waals surface area contributed by atoms with Crippen LogP contribution in [-0.2, 0) is 0 Å². The number of para-hydroxylation sites is 1. The van der Waals surface area contributed by atoms with Crippen LogP contribution in [0.1, 0.15) is 41.0 Å². The van der Waals surface area contributed by atoms with Gasteiger partial charge in [-0.3, -0.25) is 4.79 Å². The summed E-state index contributed by atoms with van der Waals surface area (Å²) in [5.41, 5.74) is 1.77. The van der Waals surface area contributed by atoms with Gasteiger partial charge in [0.05, 0.1) is 21.3 Å². The number of halogens is 1. The fourth-order valence-corrected chi connectivity index (χ4v) is 5.98. The number of rotatable bonds is 4. The maximum absolute atomic E-state index is 13.4. The maximum Gasteiger partial charge on any atom is 0.264 e. The molecule has 2 saturated heterocycles. The zero-order valence-electron chi connectivity index (χ0n) is 16.6. The lowest BCUT2D eigenvalue weighted by Crippen LogP contribution is -2.42. The molecular weight excluding hydrogens is 404 g/mol. The summed E-state index contributed by atoms with van der Waals surface area (Å²) in [6.45, 7) is 6.22. The zero-order valence-corrected chi connectivity index (χ0v) is 18.2. The van der Waals surface area contributed by atoms with Crippen LogP contribution in [0.5, 0.6) is 0 Å². The molecular formula is C22H25ClN4OS. The molecule has 1 amide bonds. The molecule has 1 unspecified atom stereocenters. The Morgan fingerprint density at radius 3 is 2.79 bits per heavy atom. The van der Waals surface area contributed by atoms with E-state index in [1.165, 1.54) is 37.3 Å². The van der Waals surface area contributed by atoms with E-state index in [-0.39, 0.29) is 5.91 Å².